The van der Waals surface area contributed by atoms with Crippen molar-refractivity contribution in [3.63, 3.8) is 0 Å². The molecule has 3 heterocycles. The van der Waals surface area contributed by atoms with Crippen molar-refractivity contribution in [1.82, 2.24) is 14.4 Å². The number of fused-ring (bicyclic) bond motifs is 6. The lowest BCUT2D eigenvalue weighted by Gasteiger charge is -1.98. The van der Waals surface area contributed by atoms with Crippen LogP contribution in [0.2, 0.25) is 0 Å². The summed E-state index contributed by atoms with van der Waals surface area (Å²) < 4.78 is 2.03. The first kappa shape index (κ1) is 12.1. The molecule has 0 radical (unpaired) electrons. The Bertz CT molecular complexity index is 1470. The van der Waals surface area contributed by atoms with Crippen molar-refractivity contribution in [1.29, 1.82) is 0 Å². The van der Waals surface area contributed by atoms with Crippen LogP contribution >= 0.6 is 0 Å². The molecule has 1 N–H and O–H groups in total. The molecule has 112 valence electrons. The van der Waals surface area contributed by atoms with Crippen LogP contribution in [0.3, 0.4) is 0 Å². The summed E-state index contributed by atoms with van der Waals surface area (Å²) in [5, 5.41) is 5.27. The number of hydrogen-bond acceptors (Lipinski definition) is 2. The zero-order valence-corrected chi connectivity index (χ0v) is 12.6. The predicted molar refractivity (Wildman–Crippen MR) is 97.0 cm³/mol. The highest BCUT2D eigenvalue weighted by Crippen LogP contribution is 2.35. The fourth-order valence-electron chi connectivity index (χ4n) is 3.91. The zero-order chi connectivity index (χ0) is 15.8. The van der Waals surface area contributed by atoms with Gasteiger partial charge in [-0.2, -0.15) is 4.98 Å². The average Bonchev–Trinajstić information content (AvgIpc) is 3.13. The number of H-pyrrole nitrogens is 1. The van der Waals surface area contributed by atoms with E-state index in [-0.39, 0.29) is 5.56 Å². The third-order valence-electron chi connectivity index (χ3n) is 4.97. The minimum absolute atomic E-state index is 0.174. The van der Waals surface area contributed by atoms with Gasteiger partial charge >= 0.3 is 0 Å². The van der Waals surface area contributed by atoms with Crippen molar-refractivity contribution >= 4 is 49.0 Å². The zero-order valence-electron chi connectivity index (χ0n) is 12.6. The van der Waals surface area contributed by atoms with E-state index in [4.69, 9.17) is 0 Å². The number of aromatic amines is 1. The molecular weight excluding hydrogens is 298 g/mol. The summed E-state index contributed by atoms with van der Waals surface area (Å²) >= 11 is 0. The summed E-state index contributed by atoms with van der Waals surface area (Å²) in [5.74, 6) is 0. The van der Waals surface area contributed by atoms with E-state index in [1.54, 1.807) is 6.33 Å². The maximum atomic E-state index is 12.1. The van der Waals surface area contributed by atoms with Gasteiger partial charge in [0.15, 0.2) is 0 Å². The van der Waals surface area contributed by atoms with E-state index in [0.717, 1.165) is 32.8 Å². The molecule has 3 aromatic carbocycles. The molecule has 0 spiro atoms. The Hall–Kier alpha value is -3.40. The Morgan fingerprint density at radius 1 is 0.792 bits per heavy atom. The Morgan fingerprint density at radius 2 is 1.62 bits per heavy atom. The Balaban J connectivity index is 1.96. The van der Waals surface area contributed by atoms with Gasteiger partial charge in [0.25, 0.3) is 5.56 Å². The normalized spacial score (nSPS) is 12.3. The van der Waals surface area contributed by atoms with E-state index in [1.165, 1.54) is 10.8 Å². The topological polar surface area (TPSA) is 50.2 Å². The predicted octanol–water partition coefficient (Wildman–Crippen LogP) is 4.07. The molecule has 0 saturated carbocycles. The van der Waals surface area contributed by atoms with Crippen LogP contribution in [0.5, 0.6) is 0 Å². The first-order valence-electron chi connectivity index (χ1n) is 7.87. The SMILES string of the molecule is O=c1ncn2c3cc4c(cc3c3cccc1c32)[nH]c1ccccc14. The number of nitrogens with zero attached hydrogens (tertiary/aromatic N) is 2. The minimum Gasteiger partial charge on any atom is -0.354 e. The molecule has 6 aromatic rings. The van der Waals surface area contributed by atoms with Gasteiger partial charge in [-0.3, -0.25) is 9.20 Å². The lowest BCUT2D eigenvalue weighted by atomic mass is 10.1. The highest BCUT2D eigenvalue weighted by Gasteiger charge is 2.15. The van der Waals surface area contributed by atoms with Gasteiger partial charge in [-0.1, -0.05) is 30.3 Å². The van der Waals surface area contributed by atoms with Crippen LogP contribution in [-0.2, 0) is 0 Å². The summed E-state index contributed by atoms with van der Waals surface area (Å²) in [5.41, 5.74) is 4.09. The van der Waals surface area contributed by atoms with Crippen LogP contribution in [0, 0.1) is 0 Å². The Morgan fingerprint density at radius 3 is 2.58 bits per heavy atom. The summed E-state index contributed by atoms with van der Waals surface area (Å²) in [6.45, 7) is 0. The van der Waals surface area contributed by atoms with E-state index in [0.29, 0.717) is 5.39 Å². The number of nitrogens with one attached hydrogen (secondary N) is 1. The third-order valence-corrected chi connectivity index (χ3v) is 4.97. The fourth-order valence-corrected chi connectivity index (χ4v) is 3.91. The van der Waals surface area contributed by atoms with Gasteiger partial charge in [0, 0.05) is 32.6 Å². The van der Waals surface area contributed by atoms with E-state index in [9.17, 15) is 4.79 Å². The monoisotopic (exact) mass is 309 g/mol. The van der Waals surface area contributed by atoms with Crippen molar-refractivity contribution in [3.05, 3.63) is 71.3 Å². The molecule has 4 heteroatoms. The minimum atomic E-state index is -0.174. The van der Waals surface area contributed by atoms with Crippen LogP contribution < -0.4 is 5.56 Å². The number of para-hydroxylation sites is 2. The smallest absolute Gasteiger partial charge is 0.280 e. The summed E-state index contributed by atoms with van der Waals surface area (Å²) in [6, 6.07) is 18.5. The largest absolute Gasteiger partial charge is 0.354 e. The van der Waals surface area contributed by atoms with Crippen molar-refractivity contribution in [3.8, 4) is 0 Å². The van der Waals surface area contributed by atoms with Gasteiger partial charge in [0.2, 0.25) is 0 Å². The molecule has 0 aliphatic heterocycles. The lowest BCUT2D eigenvalue weighted by Crippen LogP contribution is -2.07. The molecule has 0 unspecified atom stereocenters. The second-order valence-corrected chi connectivity index (χ2v) is 6.21. The first-order valence-corrected chi connectivity index (χ1v) is 7.87. The molecule has 0 fully saturated rings. The van der Waals surface area contributed by atoms with Crippen LogP contribution in [-0.4, -0.2) is 14.4 Å². The third kappa shape index (κ3) is 1.30. The van der Waals surface area contributed by atoms with Crippen molar-refractivity contribution in [2.45, 2.75) is 0 Å². The first-order chi connectivity index (χ1) is 11.8. The van der Waals surface area contributed by atoms with Gasteiger partial charge in [-0.15, -0.1) is 0 Å². The number of aromatic nitrogens is 3. The van der Waals surface area contributed by atoms with Gasteiger partial charge in [0.1, 0.15) is 6.33 Å². The number of rotatable bonds is 0. The molecule has 3 aromatic heterocycles. The Labute approximate surface area is 135 Å². The summed E-state index contributed by atoms with van der Waals surface area (Å²) in [6.07, 6.45) is 1.64. The average molecular weight is 309 g/mol. The van der Waals surface area contributed by atoms with Crippen LogP contribution in [0.15, 0.2) is 65.7 Å². The fraction of sp³-hybridized carbons (Fsp3) is 0. The van der Waals surface area contributed by atoms with Gasteiger partial charge in [-0.05, 0) is 24.3 Å². The summed E-state index contributed by atoms with van der Waals surface area (Å²) in [4.78, 5) is 19.6. The van der Waals surface area contributed by atoms with Crippen molar-refractivity contribution in [2.24, 2.45) is 0 Å². The molecular formula is C20H11N3O. The van der Waals surface area contributed by atoms with Crippen molar-refractivity contribution in [2.75, 3.05) is 0 Å². The van der Waals surface area contributed by atoms with E-state index < -0.39 is 0 Å². The molecule has 0 saturated heterocycles. The maximum Gasteiger partial charge on any atom is 0.280 e. The van der Waals surface area contributed by atoms with Crippen LogP contribution in [0.4, 0.5) is 0 Å². The highest BCUT2D eigenvalue weighted by molar-refractivity contribution is 6.19. The molecule has 0 atom stereocenters. The van der Waals surface area contributed by atoms with Crippen LogP contribution in [0.1, 0.15) is 0 Å². The van der Waals surface area contributed by atoms with Gasteiger partial charge < -0.3 is 4.98 Å². The highest BCUT2D eigenvalue weighted by atomic mass is 16.1. The molecule has 0 aliphatic carbocycles. The van der Waals surface area contributed by atoms with E-state index >= 15 is 0 Å². The van der Waals surface area contributed by atoms with Crippen LogP contribution in [0.25, 0.3) is 49.0 Å². The van der Waals surface area contributed by atoms with Crippen molar-refractivity contribution < 1.29 is 0 Å². The molecule has 6 rings (SSSR count). The molecule has 24 heavy (non-hydrogen) atoms. The molecule has 0 amide bonds. The maximum absolute atomic E-state index is 12.1. The molecule has 0 bridgehead atoms. The lowest BCUT2D eigenvalue weighted by molar-refractivity contribution is 1.11. The van der Waals surface area contributed by atoms with Gasteiger partial charge in [0.05, 0.1) is 16.4 Å². The second kappa shape index (κ2) is 3.92. The van der Waals surface area contributed by atoms with E-state index in [2.05, 4.69) is 46.4 Å². The standard InChI is InChI=1S/C20H11N3O/c24-20-13-6-3-5-12-15-8-17-14(11-4-1-2-7-16(11)22-17)9-18(15)23(10-21-20)19(12)13/h1-10,22H. The second-order valence-electron chi connectivity index (χ2n) is 6.21. The van der Waals surface area contributed by atoms with E-state index in [1.807, 2.05) is 22.6 Å². The summed E-state index contributed by atoms with van der Waals surface area (Å²) in [7, 11) is 0. The number of benzene rings is 3. The Kier molecular flexibility index (Phi) is 1.97. The number of hydrogen-bond donors (Lipinski definition) is 1. The van der Waals surface area contributed by atoms with Gasteiger partial charge in [-0.25, -0.2) is 0 Å². The molecule has 4 nitrogen and oxygen atoms in total. The quantitative estimate of drug-likeness (QED) is 0.460. The molecule has 0 aliphatic rings.